The Morgan fingerprint density at radius 3 is 2.54 bits per heavy atom. The number of thiazole rings is 1. The summed E-state index contributed by atoms with van der Waals surface area (Å²) in [5.74, 6) is 0.759. The quantitative estimate of drug-likeness (QED) is 0.310. The first kappa shape index (κ1) is 24.7. The van der Waals surface area contributed by atoms with E-state index in [0.717, 1.165) is 32.7 Å². The molecule has 0 atom stereocenters. The van der Waals surface area contributed by atoms with Gasteiger partial charge >= 0.3 is 6.09 Å². The molecular weight excluding hydrogens is 464 g/mol. The number of carbonyl (C=O) groups is 1. The van der Waals surface area contributed by atoms with E-state index in [9.17, 15) is 4.79 Å². The summed E-state index contributed by atoms with van der Waals surface area (Å²) in [6, 6.07) is 13.8. The van der Waals surface area contributed by atoms with Crippen molar-refractivity contribution in [1.82, 2.24) is 14.8 Å². The number of rotatable bonds is 8. The molecule has 2 aromatic heterocycles. The van der Waals surface area contributed by atoms with Crippen LogP contribution < -0.4 is 9.64 Å². The molecule has 0 unspecified atom stereocenters. The second kappa shape index (κ2) is 10.5. The summed E-state index contributed by atoms with van der Waals surface area (Å²) < 4.78 is 18.0. The van der Waals surface area contributed by atoms with Gasteiger partial charge in [0.25, 0.3) is 0 Å². The summed E-state index contributed by atoms with van der Waals surface area (Å²) in [7, 11) is 3.31. The number of carbonyl (C=O) groups excluding carboxylic acids is 1. The highest BCUT2D eigenvalue weighted by atomic mass is 32.1. The highest BCUT2D eigenvalue weighted by molar-refractivity contribution is 7.19. The van der Waals surface area contributed by atoms with Gasteiger partial charge in [0.05, 0.1) is 43.4 Å². The molecule has 2 heterocycles. The first-order chi connectivity index (χ1) is 16.8. The van der Waals surface area contributed by atoms with Crippen LogP contribution in [0.3, 0.4) is 0 Å². The highest BCUT2D eigenvalue weighted by Gasteiger charge is 2.26. The molecule has 0 saturated heterocycles. The van der Waals surface area contributed by atoms with E-state index in [1.54, 1.807) is 25.3 Å². The van der Waals surface area contributed by atoms with Crippen LogP contribution in [0.5, 0.6) is 5.75 Å². The van der Waals surface area contributed by atoms with Crippen LogP contribution in [-0.2, 0) is 22.6 Å². The average Bonchev–Trinajstić information content (AvgIpc) is 3.47. The van der Waals surface area contributed by atoms with Gasteiger partial charge in [0.15, 0.2) is 5.13 Å². The molecule has 35 heavy (non-hydrogen) atoms. The molecule has 0 aliphatic carbocycles. The maximum Gasteiger partial charge on any atom is 0.416 e. The lowest BCUT2D eigenvalue weighted by Crippen LogP contribution is -2.36. The van der Waals surface area contributed by atoms with Crippen LogP contribution in [0.4, 0.5) is 9.93 Å². The van der Waals surface area contributed by atoms with E-state index in [1.165, 1.54) is 11.3 Å². The number of amides is 1. The molecule has 0 bridgehead atoms. The Hall–Kier alpha value is -3.43. The van der Waals surface area contributed by atoms with E-state index in [4.69, 9.17) is 14.2 Å². The van der Waals surface area contributed by atoms with Gasteiger partial charge in [-0.05, 0) is 56.2 Å². The van der Waals surface area contributed by atoms with Crippen molar-refractivity contribution in [3.8, 4) is 16.2 Å². The van der Waals surface area contributed by atoms with Crippen molar-refractivity contribution in [2.45, 2.75) is 39.5 Å². The second-order valence-electron chi connectivity index (χ2n) is 9.06. The van der Waals surface area contributed by atoms with E-state index >= 15 is 0 Å². The fourth-order valence-corrected chi connectivity index (χ4v) is 4.46. The van der Waals surface area contributed by atoms with E-state index in [0.29, 0.717) is 24.8 Å². The van der Waals surface area contributed by atoms with Crippen molar-refractivity contribution in [3.63, 3.8) is 0 Å². The number of fused-ring (bicyclic) bond motifs is 1. The summed E-state index contributed by atoms with van der Waals surface area (Å²) in [6.45, 7) is 7.19. The number of methoxy groups -OCH3 is 2. The number of hydrogen-bond acceptors (Lipinski definition) is 7. The molecule has 0 spiro atoms. The van der Waals surface area contributed by atoms with Gasteiger partial charge in [-0.25, -0.2) is 14.7 Å². The first-order valence-corrected chi connectivity index (χ1v) is 12.1. The van der Waals surface area contributed by atoms with E-state index < -0.39 is 11.7 Å². The van der Waals surface area contributed by atoms with Crippen LogP contribution in [0.2, 0.25) is 0 Å². The molecule has 0 aliphatic heterocycles. The number of benzene rings is 2. The van der Waals surface area contributed by atoms with E-state index in [1.807, 2.05) is 62.0 Å². The maximum absolute atomic E-state index is 13.1. The third-order valence-corrected chi connectivity index (χ3v) is 6.34. The molecule has 1 amide bonds. The Labute approximate surface area is 209 Å². The smallest absolute Gasteiger partial charge is 0.416 e. The van der Waals surface area contributed by atoms with Crippen LogP contribution in [0.25, 0.3) is 21.3 Å². The molecule has 8 nitrogen and oxygen atoms in total. The molecule has 4 rings (SSSR count). The minimum absolute atomic E-state index is 0.331. The lowest BCUT2D eigenvalue weighted by molar-refractivity contribution is 0.0577. The van der Waals surface area contributed by atoms with Crippen LogP contribution >= 0.6 is 11.3 Å². The normalized spacial score (nSPS) is 11.6. The zero-order valence-electron chi connectivity index (χ0n) is 20.6. The zero-order valence-corrected chi connectivity index (χ0v) is 21.5. The van der Waals surface area contributed by atoms with Gasteiger partial charge in [-0.1, -0.05) is 29.5 Å². The monoisotopic (exact) mass is 494 g/mol. The molecule has 4 aromatic rings. The van der Waals surface area contributed by atoms with Gasteiger partial charge in [-0.15, -0.1) is 0 Å². The van der Waals surface area contributed by atoms with Crippen molar-refractivity contribution in [3.05, 3.63) is 60.4 Å². The van der Waals surface area contributed by atoms with Gasteiger partial charge in [-0.2, -0.15) is 5.10 Å². The van der Waals surface area contributed by atoms with Crippen molar-refractivity contribution < 1.29 is 19.0 Å². The predicted molar refractivity (Wildman–Crippen MR) is 138 cm³/mol. The van der Waals surface area contributed by atoms with E-state index in [-0.39, 0.29) is 0 Å². The van der Waals surface area contributed by atoms with Crippen LogP contribution in [0, 0.1) is 0 Å². The SMILES string of the molecule is COCCn1ncc2cc(-c3cnc(N(Cc4ccc(OC)cc4)C(=O)OC(C)(C)C)s3)ccc21. The molecule has 2 aromatic carbocycles. The molecule has 9 heteroatoms. The minimum Gasteiger partial charge on any atom is -0.497 e. The Balaban J connectivity index is 1.61. The summed E-state index contributed by atoms with van der Waals surface area (Å²) in [4.78, 5) is 20.2. The van der Waals surface area contributed by atoms with Gasteiger partial charge in [-0.3, -0.25) is 4.68 Å². The zero-order chi connectivity index (χ0) is 25.0. The summed E-state index contributed by atoms with van der Waals surface area (Å²) in [5, 5.41) is 6.07. The minimum atomic E-state index is -0.622. The Morgan fingerprint density at radius 2 is 1.86 bits per heavy atom. The van der Waals surface area contributed by atoms with Crippen molar-refractivity contribution >= 4 is 33.5 Å². The van der Waals surface area contributed by atoms with Gasteiger partial charge in [0.1, 0.15) is 11.4 Å². The Bertz CT molecular complexity index is 1290. The fraction of sp³-hybridized carbons (Fsp3) is 0.346. The van der Waals surface area contributed by atoms with E-state index in [2.05, 4.69) is 22.2 Å². The number of aromatic nitrogens is 3. The van der Waals surface area contributed by atoms with Crippen LogP contribution in [0.15, 0.2) is 54.9 Å². The highest BCUT2D eigenvalue weighted by Crippen LogP contribution is 2.34. The lowest BCUT2D eigenvalue weighted by Gasteiger charge is -2.26. The summed E-state index contributed by atoms with van der Waals surface area (Å²) in [6.07, 6.45) is 3.21. The number of anilines is 1. The standard InChI is InChI=1S/C26H30N4O4S/c1-26(2,3)34-25(31)29(17-18-6-9-21(33-5)10-7-18)24-27-16-23(35-24)19-8-11-22-20(14-19)15-28-30(22)12-13-32-4/h6-11,14-16H,12-13,17H2,1-5H3. The second-order valence-corrected chi connectivity index (χ2v) is 10.1. The van der Waals surface area contributed by atoms with Crippen molar-refractivity contribution in [1.29, 1.82) is 0 Å². The molecule has 0 aliphatic rings. The fourth-order valence-electron chi connectivity index (χ4n) is 3.56. The number of hydrogen-bond donors (Lipinski definition) is 0. The lowest BCUT2D eigenvalue weighted by atomic mass is 10.1. The first-order valence-electron chi connectivity index (χ1n) is 11.3. The largest absolute Gasteiger partial charge is 0.497 e. The maximum atomic E-state index is 13.1. The number of ether oxygens (including phenoxy) is 3. The van der Waals surface area contributed by atoms with Gasteiger partial charge < -0.3 is 14.2 Å². The number of nitrogens with zero attached hydrogens (tertiary/aromatic N) is 4. The van der Waals surface area contributed by atoms with Crippen molar-refractivity contribution in [2.24, 2.45) is 0 Å². The van der Waals surface area contributed by atoms with Crippen LogP contribution in [-0.4, -0.2) is 47.3 Å². The Morgan fingerprint density at radius 1 is 1.09 bits per heavy atom. The summed E-state index contributed by atoms with van der Waals surface area (Å²) in [5.41, 5.74) is 2.38. The molecule has 0 N–H and O–H groups in total. The van der Waals surface area contributed by atoms with Crippen LogP contribution in [0.1, 0.15) is 26.3 Å². The Kier molecular flexibility index (Phi) is 7.37. The molecular formula is C26H30N4O4S. The summed E-state index contributed by atoms with van der Waals surface area (Å²) >= 11 is 1.45. The average molecular weight is 495 g/mol. The topological polar surface area (TPSA) is 78.7 Å². The third-order valence-electron chi connectivity index (χ3n) is 5.27. The van der Waals surface area contributed by atoms with Gasteiger partial charge in [0, 0.05) is 18.7 Å². The van der Waals surface area contributed by atoms with Crippen molar-refractivity contribution in [2.75, 3.05) is 25.7 Å². The molecule has 0 fully saturated rings. The predicted octanol–water partition coefficient (Wildman–Crippen LogP) is 5.76. The van der Waals surface area contributed by atoms with Gasteiger partial charge in [0.2, 0.25) is 0 Å². The molecule has 184 valence electrons. The molecule has 0 saturated carbocycles. The third kappa shape index (κ3) is 5.98. The molecule has 0 radical (unpaired) electrons.